The van der Waals surface area contributed by atoms with Crippen molar-refractivity contribution in [3.63, 3.8) is 0 Å². The molecule has 5 aromatic rings. The van der Waals surface area contributed by atoms with Crippen molar-refractivity contribution in [2.45, 2.75) is 57.3 Å². The van der Waals surface area contributed by atoms with Crippen LogP contribution in [0.4, 0.5) is 19.0 Å². The average Bonchev–Trinajstić information content (AvgIpc) is 3.90. The van der Waals surface area contributed by atoms with E-state index in [4.69, 9.17) is 14.7 Å². The zero-order valence-corrected chi connectivity index (χ0v) is 23.3. The summed E-state index contributed by atoms with van der Waals surface area (Å²) in [5.74, 6) is 2.94. The number of anilines is 1. The van der Waals surface area contributed by atoms with Gasteiger partial charge in [0.1, 0.15) is 29.1 Å². The summed E-state index contributed by atoms with van der Waals surface area (Å²) in [5, 5.41) is 0. The highest BCUT2D eigenvalue weighted by molar-refractivity contribution is 5.86. The van der Waals surface area contributed by atoms with E-state index in [0.717, 1.165) is 60.3 Å². The third-order valence-corrected chi connectivity index (χ3v) is 7.66. The first-order chi connectivity index (χ1) is 20.2. The second-order valence-electron chi connectivity index (χ2n) is 10.9. The molecule has 7 rings (SSSR count). The van der Waals surface area contributed by atoms with E-state index in [2.05, 4.69) is 29.8 Å². The van der Waals surface area contributed by atoms with Crippen LogP contribution in [0.25, 0.3) is 33.9 Å². The molecule has 0 radical (unpaired) electrons. The maximum absolute atomic E-state index is 13.2. The number of rotatable bonds is 8. The SMILES string of the molecule is COc1ncnc(C2CC2)c1-c1nc(N(Cc2ccc(-c3nc(C(F)(F)F)cn3C)cc2)C2CC2)c2[nH]c(C)nc2n1. The second-order valence-corrected chi connectivity index (χ2v) is 10.9. The second kappa shape index (κ2) is 9.78. The molecule has 1 N–H and O–H groups in total. The number of nitrogens with zero attached hydrogens (tertiary/aromatic N) is 8. The molecule has 0 aliphatic heterocycles. The maximum Gasteiger partial charge on any atom is 0.434 e. The summed E-state index contributed by atoms with van der Waals surface area (Å²) in [6.07, 6.45) is 2.15. The molecule has 0 atom stereocenters. The number of hydrogen-bond donors (Lipinski definition) is 1. The Morgan fingerprint density at radius 2 is 1.79 bits per heavy atom. The molecule has 2 fully saturated rings. The number of alkyl halides is 3. The van der Waals surface area contributed by atoms with Crippen LogP contribution in [0.5, 0.6) is 5.88 Å². The van der Waals surface area contributed by atoms with Crippen molar-refractivity contribution in [1.29, 1.82) is 0 Å². The molecule has 1 aromatic carbocycles. The zero-order valence-electron chi connectivity index (χ0n) is 23.3. The van der Waals surface area contributed by atoms with Crippen LogP contribution in [0, 0.1) is 6.92 Å². The van der Waals surface area contributed by atoms with E-state index in [1.54, 1.807) is 26.3 Å². The summed E-state index contributed by atoms with van der Waals surface area (Å²) in [4.78, 5) is 32.9. The molecule has 10 nitrogen and oxygen atoms in total. The number of halogens is 3. The van der Waals surface area contributed by atoms with Gasteiger partial charge in [-0.1, -0.05) is 24.3 Å². The molecule has 0 spiro atoms. The lowest BCUT2D eigenvalue weighted by Crippen LogP contribution is -2.26. The summed E-state index contributed by atoms with van der Waals surface area (Å²) in [7, 11) is 3.14. The summed E-state index contributed by atoms with van der Waals surface area (Å²) in [5.41, 5.74) is 3.56. The first-order valence-electron chi connectivity index (χ1n) is 13.8. The number of aromatic amines is 1. The third-order valence-electron chi connectivity index (χ3n) is 7.66. The molecule has 0 amide bonds. The quantitative estimate of drug-likeness (QED) is 0.255. The molecule has 216 valence electrons. The number of imidazole rings is 2. The van der Waals surface area contributed by atoms with E-state index in [1.165, 1.54) is 10.9 Å². The van der Waals surface area contributed by atoms with Gasteiger partial charge in [-0.05, 0) is 38.2 Å². The van der Waals surface area contributed by atoms with Crippen LogP contribution in [-0.4, -0.2) is 52.6 Å². The van der Waals surface area contributed by atoms with Gasteiger partial charge in [0.25, 0.3) is 0 Å². The number of methoxy groups -OCH3 is 1. The van der Waals surface area contributed by atoms with Gasteiger partial charge in [0, 0.05) is 37.3 Å². The number of benzene rings is 1. The van der Waals surface area contributed by atoms with Crippen LogP contribution in [0.3, 0.4) is 0 Å². The van der Waals surface area contributed by atoms with Gasteiger partial charge in [-0.3, -0.25) is 0 Å². The van der Waals surface area contributed by atoms with Crippen molar-refractivity contribution >= 4 is 17.0 Å². The van der Waals surface area contributed by atoms with E-state index in [-0.39, 0.29) is 11.9 Å². The van der Waals surface area contributed by atoms with Gasteiger partial charge < -0.3 is 19.2 Å². The molecule has 2 aliphatic rings. The lowest BCUT2D eigenvalue weighted by atomic mass is 10.1. The van der Waals surface area contributed by atoms with Gasteiger partial charge in [-0.25, -0.2) is 29.9 Å². The summed E-state index contributed by atoms with van der Waals surface area (Å²) >= 11 is 0. The van der Waals surface area contributed by atoms with E-state index in [9.17, 15) is 13.2 Å². The number of fused-ring (bicyclic) bond motifs is 1. The van der Waals surface area contributed by atoms with Crippen LogP contribution in [0.15, 0.2) is 36.8 Å². The Kier molecular flexibility index (Phi) is 6.13. The summed E-state index contributed by atoms with van der Waals surface area (Å²) < 4.78 is 46.6. The highest BCUT2D eigenvalue weighted by atomic mass is 19.4. The number of ether oxygens (including phenoxy) is 1. The van der Waals surface area contributed by atoms with Gasteiger partial charge in [0.2, 0.25) is 5.88 Å². The maximum atomic E-state index is 13.2. The molecule has 2 saturated carbocycles. The van der Waals surface area contributed by atoms with E-state index < -0.39 is 11.9 Å². The van der Waals surface area contributed by atoms with Crippen LogP contribution >= 0.6 is 0 Å². The first kappa shape index (κ1) is 26.4. The molecule has 0 bridgehead atoms. The van der Waals surface area contributed by atoms with Crippen molar-refractivity contribution in [2.75, 3.05) is 12.0 Å². The predicted molar refractivity (Wildman–Crippen MR) is 149 cm³/mol. The predicted octanol–water partition coefficient (Wildman–Crippen LogP) is 5.59. The average molecular weight is 576 g/mol. The lowest BCUT2D eigenvalue weighted by Gasteiger charge is -2.25. The minimum atomic E-state index is -4.50. The van der Waals surface area contributed by atoms with Crippen molar-refractivity contribution in [2.24, 2.45) is 7.05 Å². The Labute approximate surface area is 239 Å². The fraction of sp³-hybridized carbons (Fsp3) is 0.379. The fourth-order valence-electron chi connectivity index (χ4n) is 5.32. The van der Waals surface area contributed by atoms with E-state index in [0.29, 0.717) is 40.9 Å². The molecule has 0 saturated heterocycles. The number of H-pyrrole nitrogens is 1. The Hall–Kier alpha value is -4.55. The van der Waals surface area contributed by atoms with Crippen LogP contribution in [0.2, 0.25) is 0 Å². The minimum absolute atomic E-state index is 0.258. The van der Waals surface area contributed by atoms with Crippen LogP contribution < -0.4 is 9.64 Å². The van der Waals surface area contributed by atoms with E-state index in [1.807, 2.05) is 19.1 Å². The molecule has 4 heterocycles. The largest absolute Gasteiger partial charge is 0.480 e. The molecule has 42 heavy (non-hydrogen) atoms. The molecular weight excluding hydrogens is 547 g/mol. The van der Waals surface area contributed by atoms with Gasteiger partial charge in [0.05, 0.1) is 12.8 Å². The standard InChI is InChI=1S/C29H28F3N9O/c1-15-35-23-25(36-15)38-24(21-22(17-8-9-17)33-14-34-28(21)42-3)39-27(23)41(19-10-11-19)12-16-4-6-18(7-5-16)26-37-20(13-40(26)2)29(30,31)32/h4-7,13-14,17,19H,8-12H2,1-3H3,(H,35,36,38,39). The minimum Gasteiger partial charge on any atom is -0.480 e. The molecular formula is C29H28F3N9O. The van der Waals surface area contributed by atoms with Crippen molar-refractivity contribution in [1.82, 2.24) is 39.5 Å². The Balaban J connectivity index is 1.27. The topological polar surface area (TPSA) is 111 Å². The number of aryl methyl sites for hydroxylation is 2. The van der Waals surface area contributed by atoms with Crippen molar-refractivity contribution in [3.05, 3.63) is 59.6 Å². The number of hydrogen-bond acceptors (Lipinski definition) is 8. The van der Waals surface area contributed by atoms with Gasteiger partial charge in [-0.15, -0.1) is 0 Å². The smallest absolute Gasteiger partial charge is 0.434 e. The van der Waals surface area contributed by atoms with Crippen LogP contribution in [-0.2, 0) is 19.8 Å². The van der Waals surface area contributed by atoms with Gasteiger partial charge in [-0.2, -0.15) is 13.2 Å². The zero-order chi connectivity index (χ0) is 29.2. The highest BCUT2D eigenvalue weighted by Gasteiger charge is 2.36. The summed E-state index contributed by atoms with van der Waals surface area (Å²) in [6, 6.07) is 7.73. The highest BCUT2D eigenvalue weighted by Crippen LogP contribution is 2.46. The molecule has 2 aliphatic carbocycles. The van der Waals surface area contributed by atoms with Crippen molar-refractivity contribution in [3.8, 4) is 28.7 Å². The Morgan fingerprint density at radius 3 is 2.43 bits per heavy atom. The molecule has 0 unspecified atom stereocenters. The first-order valence-corrected chi connectivity index (χ1v) is 13.8. The molecule has 4 aromatic heterocycles. The van der Waals surface area contributed by atoms with Crippen molar-refractivity contribution < 1.29 is 17.9 Å². The Bertz CT molecular complexity index is 1790. The number of aromatic nitrogens is 8. The Morgan fingerprint density at radius 1 is 1.02 bits per heavy atom. The number of nitrogens with one attached hydrogen (secondary N) is 1. The van der Waals surface area contributed by atoms with E-state index >= 15 is 0 Å². The molecule has 13 heteroatoms. The fourth-order valence-corrected chi connectivity index (χ4v) is 5.32. The summed E-state index contributed by atoms with van der Waals surface area (Å²) in [6.45, 7) is 2.43. The van der Waals surface area contributed by atoms with Gasteiger partial charge >= 0.3 is 6.18 Å². The monoisotopic (exact) mass is 575 g/mol. The van der Waals surface area contributed by atoms with Gasteiger partial charge in [0.15, 0.2) is 23.0 Å². The normalized spacial score (nSPS) is 15.4. The van der Waals surface area contributed by atoms with Crippen LogP contribution in [0.1, 0.15) is 54.4 Å². The lowest BCUT2D eigenvalue weighted by molar-refractivity contribution is -0.140. The third kappa shape index (κ3) is 4.82.